The van der Waals surface area contributed by atoms with Gasteiger partial charge in [0.2, 0.25) is 0 Å². The van der Waals surface area contributed by atoms with Gasteiger partial charge in [-0.05, 0) is 23.1 Å². The molecule has 0 spiro atoms. The number of hydrogen-bond acceptors (Lipinski definition) is 1. The van der Waals surface area contributed by atoms with Crippen LogP contribution in [0.2, 0.25) is 0 Å². The average molecular weight is 273 g/mol. The minimum absolute atomic E-state index is 0.169. The van der Waals surface area contributed by atoms with Crippen molar-refractivity contribution in [2.45, 2.75) is 12.5 Å². The van der Waals surface area contributed by atoms with Crippen molar-refractivity contribution in [2.75, 3.05) is 12.5 Å². The molecule has 1 aliphatic heterocycles. The molecule has 2 aromatic rings. The highest BCUT2D eigenvalue weighted by molar-refractivity contribution is 6.18. The Morgan fingerprint density at radius 2 is 1.63 bits per heavy atom. The second-order valence-electron chi connectivity index (χ2n) is 4.98. The minimum atomic E-state index is 0.169. The summed E-state index contributed by atoms with van der Waals surface area (Å²) in [7, 11) is 0. The fourth-order valence-corrected chi connectivity index (χ4v) is 2.97. The first-order valence-corrected chi connectivity index (χ1v) is 7.25. The molecule has 2 atom stereocenters. The van der Waals surface area contributed by atoms with E-state index in [2.05, 4.69) is 48.5 Å². The van der Waals surface area contributed by atoms with Crippen LogP contribution in [0.5, 0.6) is 0 Å². The number of ether oxygens (including phenoxy) is 1. The Morgan fingerprint density at radius 3 is 2.32 bits per heavy atom. The molecule has 1 aliphatic rings. The third-order valence-corrected chi connectivity index (χ3v) is 4.16. The van der Waals surface area contributed by atoms with Crippen LogP contribution in [-0.4, -0.2) is 12.5 Å². The molecule has 3 rings (SSSR count). The summed E-state index contributed by atoms with van der Waals surface area (Å²) in [5.41, 5.74) is 3.72. The molecule has 1 heterocycles. The van der Waals surface area contributed by atoms with Crippen LogP contribution in [0.4, 0.5) is 0 Å². The SMILES string of the molecule is ClCC1CCOC1c1ccc(-c2ccccc2)cc1. The van der Waals surface area contributed by atoms with E-state index in [1.165, 1.54) is 16.7 Å². The molecular formula is C17H17ClO. The maximum Gasteiger partial charge on any atom is 0.0865 e. The summed E-state index contributed by atoms with van der Waals surface area (Å²) in [6.45, 7) is 0.822. The van der Waals surface area contributed by atoms with Crippen molar-refractivity contribution < 1.29 is 4.74 Å². The summed E-state index contributed by atoms with van der Waals surface area (Å²) in [5.74, 6) is 1.12. The topological polar surface area (TPSA) is 9.23 Å². The molecule has 0 radical (unpaired) electrons. The zero-order valence-electron chi connectivity index (χ0n) is 10.8. The number of alkyl halides is 1. The second kappa shape index (κ2) is 5.77. The zero-order valence-corrected chi connectivity index (χ0v) is 11.5. The van der Waals surface area contributed by atoms with Crippen molar-refractivity contribution in [1.82, 2.24) is 0 Å². The van der Waals surface area contributed by atoms with Gasteiger partial charge < -0.3 is 4.74 Å². The van der Waals surface area contributed by atoms with Gasteiger partial charge in [-0.25, -0.2) is 0 Å². The highest BCUT2D eigenvalue weighted by Gasteiger charge is 2.28. The number of hydrogen-bond donors (Lipinski definition) is 0. The van der Waals surface area contributed by atoms with Crippen LogP contribution in [0.3, 0.4) is 0 Å². The van der Waals surface area contributed by atoms with Crippen molar-refractivity contribution in [3.05, 3.63) is 60.2 Å². The van der Waals surface area contributed by atoms with Crippen LogP contribution in [0.1, 0.15) is 18.1 Å². The summed E-state index contributed by atoms with van der Waals surface area (Å²) >= 11 is 6.00. The van der Waals surface area contributed by atoms with E-state index < -0.39 is 0 Å². The van der Waals surface area contributed by atoms with E-state index in [1.807, 2.05) is 6.07 Å². The molecule has 19 heavy (non-hydrogen) atoms. The molecule has 2 aromatic carbocycles. The van der Waals surface area contributed by atoms with Gasteiger partial charge in [-0.3, -0.25) is 0 Å². The third kappa shape index (κ3) is 2.68. The Morgan fingerprint density at radius 1 is 0.947 bits per heavy atom. The van der Waals surface area contributed by atoms with Gasteiger partial charge in [0.25, 0.3) is 0 Å². The smallest absolute Gasteiger partial charge is 0.0865 e. The molecular weight excluding hydrogens is 256 g/mol. The van der Waals surface area contributed by atoms with Gasteiger partial charge in [0.1, 0.15) is 0 Å². The number of halogens is 1. The summed E-state index contributed by atoms with van der Waals surface area (Å²) < 4.78 is 5.80. The van der Waals surface area contributed by atoms with Crippen molar-refractivity contribution in [2.24, 2.45) is 5.92 Å². The average Bonchev–Trinajstić information content (AvgIpc) is 2.97. The molecule has 0 N–H and O–H groups in total. The molecule has 1 saturated heterocycles. The van der Waals surface area contributed by atoms with Crippen LogP contribution >= 0.6 is 11.6 Å². The minimum Gasteiger partial charge on any atom is -0.373 e. The third-order valence-electron chi connectivity index (χ3n) is 3.76. The fourth-order valence-electron chi connectivity index (χ4n) is 2.66. The lowest BCUT2D eigenvalue weighted by atomic mass is 9.95. The van der Waals surface area contributed by atoms with Crippen LogP contribution < -0.4 is 0 Å². The maximum atomic E-state index is 6.00. The van der Waals surface area contributed by atoms with E-state index in [-0.39, 0.29) is 6.10 Å². The molecule has 0 bridgehead atoms. The van der Waals surface area contributed by atoms with E-state index in [4.69, 9.17) is 16.3 Å². The molecule has 0 amide bonds. The Labute approximate surface area is 119 Å². The molecule has 1 nitrogen and oxygen atoms in total. The predicted octanol–water partition coefficient (Wildman–Crippen LogP) is 4.67. The van der Waals surface area contributed by atoms with Crippen LogP contribution in [0.15, 0.2) is 54.6 Å². The molecule has 2 unspecified atom stereocenters. The predicted molar refractivity (Wildman–Crippen MR) is 79.4 cm³/mol. The van der Waals surface area contributed by atoms with Crippen molar-refractivity contribution >= 4 is 11.6 Å². The Hall–Kier alpha value is -1.31. The van der Waals surface area contributed by atoms with Gasteiger partial charge in [0.05, 0.1) is 6.10 Å². The first-order chi connectivity index (χ1) is 9.38. The van der Waals surface area contributed by atoms with Crippen LogP contribution in [0.25, 0.3) is 11.1 Å². The maximum absolute atomic E-state index is 6.00. The lowest BCUT2D eigenvalue weighted by molar-refractivity contribution is 0.0952. The second-order valence-corrected chi connectivity index (χ2v) is 5.29. The van der Waals surface area contributed by atoms with Gasteiger partial charge in [-0.1, -0.05) is 54.6 Å². The zero-order chi connectivity index (χ0) is 13.1. The van der Waals surface area contributed by atoms with Crippen LogP contribution in [0, 0.1) is 5.92 Å². The van der Waals surface area contributed by atoms with Gasteiger partial charge in [-0.15, -0.1) is 11.6 Å². The van der Waals surface area contributed by atoms with Crippen LogP contribution in [-0.2, 0) is 4.74 Å². The van der Waals surface area contributed by atoms with Crippen molar-refractivity contribution in [3.63, 3.8) is 0 Å². The first kappa shape index (κ1) is 12.7. The van der Waals surface area contributed by atoms with Gasteiger partial charge in [-0.2, -0.15) is 0 Å². The lowest BCUT2D eigenvalue weighted by Crippen LogP contribution is -2.08. The van der Waals surface area contributed by atoms with Crippen molar-refractivity contribution in [1.29, 1.82) is 0 Å². The van der Waals surface area contributed by atoms with Gasteiger partial charge >= 0.3 is 0 Å². The molecule has 2 heteroatoms. The van der Waals surface area contributed by atoms with Gasteiger partial charge in [0, 0.05) is 18.4 Å². The highest BCUT2D eigenvalue weighted by Crippen LogP contribution is 2.35. The standard InChI is InChI=1S/C17H17ClO/c18-12-16-10-11-19-17(16)15-8-6-14(7-9-15)13-4-2-1-3-5-13/h1-9,16-17H,10-12H2. The summed E-state index contributed by atoms with van der Waals surface area (Å²) in [6.07, 6.45) is 1.23. The van der Waals surface area contributed by atoms with Crippen molar-refractivity contribution in [3.8, 4) is 11.1 Å². The Kier molecular flexibility index (Phi) is 3.86. The lowest BCUT2D eigenvalue weighted by Gasteiger charge is -2.17. The van der Waals surface area contributed by atoms with E-state index in [0.29, 0.717) is 11.8 Å². The molecule has 0 aromatic heterocycles. The number of rotatable bonds is 3. The molecule has 98 valence electrons. The first-order valence-electron chi connectivity index (χ1n) is 6.71. The molecule has 0 aliphatic carbocycles. The quantitative estimate of drug-likeness (QED) is 0.738. The molecule has 0 saturated carbocycles. The molecule has 1 fully saturated rings. The normalized spacial score (nSPS) is 22.6. The van der Waals surface area contributed by atoms with E-state index in [1.54, 1.807) is 0 Å². The Balaban J connectivity index is 1.83. The number of benzene rings is 2. The summed E-state index contributed by atoms with van der Waals surface area (Å²) in [5, 5.41) is 0. The summed E-state index contributed by atoms with van der Waals surface area (Å²) in [4.78, 5) is 0. The monoisotopic (exact) mass is 272 g/mol. The van der Waals surface area contributed by atoms with E-state index in [9.17, 15) is 0 Å². The fraction of sp³-hybridized carbons (Fsp3) is 0.294. The summed E-state index contributed by atoms with van der Waals surface area (Å²) in [6, 6.07) is 19.1. The Bertz CT molecular complexity index is 521. The van der Waals surface area contributed by atoms with Gasteiger partial charge in [0.15, 0.2) is 0 Å². The largest absolute Gasteiger partial charge is 0.373 e. The highest BCUT2D eigenvalue weighted by atomic mass is 35.5. The van der Waals surface area contributed by atoms with E-state index in [0.717, 1.165) is 13.0 Å². The van der Waals surface area contributed by atoms with E-state index >= 15 is 0 Å².